The van der Waals surface area contributed by atoms with Crippen LogP contribution >= 0.6 is 11.3 Å². The van der Waals surface area contributed by atoms with Crippen LogP contribution in [0.1, 0.15) is 42.5 Å². The predicted molar refractivity (Wildman–Crippen MR) is 69.1 cm³/mol. The van der Waals surface area contributed by atoms with E-state index in [0.29, 0.717) is 5.01 Å². The van der Waals surface area contributed by atoms with E-state index in [1.807, 2.05) is 20.8 Å². The van der Waals surface area contributed by atoms with Crippen molar-refractivity contribution >= 4 is 11.3 Å². The Balaban J connectivity index is 3.24. The highest BCUT2D eigenvalue weighted by atomic mass is 32.1. The molecule has 3 nitrogen and oxygen atoms in total. The van der Waals surface area contributed by atoms with E-state index < -0.39 is 18.0 Å². The molecule has 0 aliphatic rings. The lowest BCUT2D eigenvalue weighted by Gasteiger charge is -2.27. The van der Waals surface area contributed by atoms with Gasteiger partial charge < -0.3 is 10.1 Å². The number of nitrogens with zero attached hydrogens (tertiary/aromatic N) is 1. The SMILES string of the molecule is CNCc1sc(C(OC)C(C)(C)C)nc1C(F)(F)F. The Kier molecular flexibility index (Phi) is 4.97. The van der Waals surface area contributed by atoms with Crippen LogP contribution in [-0.2, 0) is 17.5 Å². The summed E-state index contributed by atoms with van der Waals surface area (Å²) in [6, 6.07) is 0. The summed E-state index contributed by atoms with van der Waals surface area (Å²) in [6.45, 7) is 5.88. The molecule has 19 heavy (non-hydrogen) atoms. The molecular weight excluding hydrogens is 277 g/mol. The quantitative estimate of drug-likeness (QED) is 0.921. The van der Waals surface area contributed by atoms with Gasteiger partial charge in [0.2, 0.25) is 0 Å². The number of aromatic nitrogens is 1. The fraction of sp³-hybridized carbons (Fsp3) is 0.750. The molecule has 1 heterocycles. The van der Waals surface area contributed by atoms with Crippen LogP contribution in [0.5, 0.6) is 0 Å². The van der Waals surface area contributed by atoms with Gasteiger partial charge in [0.1, 0.15) is 11.1 Å². The number of nitrogens with one attached hydrogen (secondary N) is 1. The van der Waals surface area contributed by atoms with E-state index in [1.165, 1.54) is 7.11 Å². The maximum absolute atomic E-state index is 12.9. The van der Waals surface area contributed by atoms with E-state index >= 15 is 0 Å². The maximum Gasteiger partial charge on any atom is 0.434 e. The molecule has 0 aromatic carbocycles. The molecule has 0 spiro atoms. The Morgan fingerprint density at radius 2 is 1.89 bits per heavy atom. The molecule has 0 saturated carbocycles. The van der Waals surface area contributed by atoms with Gasteiger partial charge in [-0.1, -0.05) is 20.8 Å². The summed E-state index contributed by atoms with van der Waals surface area (Å²) in [5.74, 6) is 0. The Morgan fingerprint density at radius 3 is 2.26 bits per heavy atom. The summed E-state index contributed by atoms with van der Waals surface area (Å²) in [5, 5.41) is 3.10. The second-order valence-electron chi connectivity index (χ2n) is 5.33. The average molecular weight is 296 g/mol. The van der Waals surface area contributed by atoms with Gasteiger partial charge in [-0.05, 0) is 12.5 Å². The number of thiazole rings is 1. The molecule has 0 aliphatic carbocycles. The highest BCUT2D eigenvalue weighted by Gasteiger charge is 2.39. The van der Waals surface area contributed by atoms with E-state index in [-0.39, 0.29) is 16.8 Å². The van der Waals surface area contributed by atoms with Gasteiger partial charge in [0.05, 0.1) is 4.88 Å². The van der Waals surface area contributed by atoms with E-state index in [2.05, 4.69) is 10.3 Å². The first kappa shape index (κ1) is 16.4. The number of hydrogen-bond donors (Lipinski definition) is 1. The Hall–Kier alpha value is -0.660. The number of halogens is 3. The molecule has 1 aromatic rings. The van der Waals surface area contributed by atoms with Crippen molar-refractivity contribution in [3.63, 3.8) is 0 Å². The zero-order valence-corrected chi connectivity index (χ0v) is 12.5. The Bertz CT molecular complexity index is 424. The molecule has 0 amide bonds. The number of rotatable bonds is 4. The topological polar surface area (TPSA) is 34.1 Å². The molecule has 0 radical (unpaired) electrons. The standard InChI is InChI=1S/C12H19F3N2OS/c1-11(2,3)9(18-5)10-17-8(12(13,14)15)7(19-10)6-16-4/h9,16H,6H2,1-5H3. The molecule has 0 fully saturated rings. The van der Waals surface area contributed by atoms with Gasteiger partial charge in [0.15, 0.2) is 5.69 Å². The third-order valence-corrected chi connectivity index (χ3v) is 3.66. The lowest BCUT2D eigenvalue weighted by molar-refractivity contribution is -0.141. The summed E-state index contributed by atoms with van der Waals surface area (Å²) in [5.41, 5.74) is -1.13. The summed E-state index contributed by atoms with van der Waals surface area (Å²) < 4.78 is 44.1. The van der Waals surface area contributed by atoms with Gasteiger partial charge in [0.25, 0.3) is 0 Å². The molecule has 1 unspecified atom stereocenters. The first-order chi connectivity index (χ1) is 8.61. The number of hydrogen-bond acceptors (Lipinski definition) is 4. The van der Waals surface area contributed by atoms with Crippen LogP contribution in [0.2, 0.25) is 0 Å². The summed E-state index contributed by atoms with van der Waals surface area (Å²) in [4.78, 5) is 3.96. The minimum absolute atomic E-state index is 0.146. The monoisotopic (exact) mass is 296 g/mol. The van der Waals surface area contributed by atoms with Gasteiger partial charge in [-0.15, -0.1) is 11.3 Å². The van der Waals surface area contributed by atoms with Gasteiger partial charge in [-0.3, -0.25) is 0 Å². The lowest BCUT2D eigenvalue weighted by atomic mass is 9.89. The van der Waals surface area contributed by atoms with Crippen molar-refractivity contribution in [3.8, 4) is 0 Å². The lowest BCUT2D eigenvalue weighted by Crippen LogP contribution is -2.20. The van der Waals surface area contributed by atoms with Crippen LogP contribution in [0.4, 0.5) is 13.2 Å². The summed E-state index contributed by atoms with van der Waals surface area (Å²) in [6.07, 6.45) is -4.89. The first-order valence-corrected chi connectivity index (χ1v) is 6.67. The minimum Gasteiger partial charge on any atom is -0.374 e. The average Bonchev–Trinajstić information content (AvgIpc) is 2.60. The molecule has 0 aliphatic heterocycles. The van der Waals surface area contributed by atoms with Crippen molar-refractivity contribution in [1.29, 1.82) is 0 Å². The Morgan fingerprint density at radius 1 is 1.32 bits per heavy atom. The molecule has 1 N–H and O–H groups in total. The second-order valence-corrected chi connectivity index (χ2v) is 6.45. The molecule has 110 valence electrons. The van der Waals surface area contributed by atoms with Gasteiger partial charge in [-0.2, -0.15) is 13.2 Å². The van der Waals surface area contributed by atoms with E-state index in [9.17, 15) is 13.2 Å². The van der Waals surface area contributed by atoms with Crippen LogP contribution in [0.25, 0.3) is 0 Å². The fourth-order valence-corrected chi connectivity index (χ4v) is 3.23. The molecular formula is C12H19F3N2OS. The Labute approximate surface area is 115 Å². The van der Waals surface area contributed by atoms with E-state index in [4.69, 9.17) is 4.74 Å². The van der Waals surface area contributed by atoms with Crippen LogP contribution in [0.15, 0.2) is 0 Å². The molecule has 1 aromatic heterocycles. The van der Waals surface area contributed by atoms with Crippen molar-refractivity contribution in [2.24, 2.45) is 5.41 Å². The fourth-order valence-electron chi connectivity index (χ4n) is 1.81. The highest BCUT2D eigenvalue weighted by molar-refractivity contribution is 7.11. The van der Waals surface area contributed by atoms with E-state index in [0.717, 1.165) is 11.3 Å². The van der Waals surface area contributed by atoms with Gasteiger partial charge in [0, 0.05) is 13.7 Å². The van der Waals surface area contributed by atoms with Gasteiger partial charge >= 0.3 is 6.18 Å². The highest BCUT2D eigenvalue weighted by Crippen LogP contribution is 2.41. The first-order valence-electron chi connectivity index (χ1n) is 5.85. The minimum atomic E-state index is -4.43. The number of ether oxygens (including phenoxy) is 1. The predicted octanol–water partition coefficient (Wildman–Crippen LogP) is 3.61. The van der Waals surface area contributed by atoms with E-state index in [1.54, 1.807) is 7.05 Å². The molecule has 7 heteroatoms. The second kappa shape index (κ2) is 5.76. The smallest absolute Gasteiger partial charge is 0.374 e. The molecule has 1 atom stereocenters. The molecule has 0 bridgehead atoms. The third-order valence-electron chi connectivity index (χ3n) is 2.57. The summed E-state index contributed by atoms with van der Waals surface area (Å²) >= 11 is 1.05. The zero-order valence-electron chi connectivity index (χ0n) is 11.7. The number of alkyl halides is 3. The maximum atomic E-state index is 12.9. The largest absolute Gasteiger partial charge is 0.434 e. The van der Waals surface area contributed by atoms with Crippen LogP contribution in [0.3, 0.4) is 0 Å². The zero-order chi connectivity index (χ0) is 14.8. The van der Waals surface area contributed by atoms with Crippen LogP contribution in [-0.4, -0.2) is 19.1 Å². The third kappa shape index (κ3) is 3.90. The van der Waals surface area contributed by atoms with Crippen molar-refractivity contribution in [2.45, 2.75) is 39.6 Å². The summed E-state index contributed by atoms with van der Waals surface area (Å²) in [7, 11) is 3.10. The van der Waals surface area contributed by atoms with Crippen LogP contribution in [0, 0.1) is 5.41 Å². The van der Waals surface area contributed by atoms with Crippen molar-refractivity contribution in [2.75, 3.05) is 14.2 Å². The van der Waals surface area contributed by atoms with Crippen molar-refractivity contribution in [1.82, 2.24) is 10.3 Å². The van der Waals surface area contributed by atoms with Gasteiger partial charge in [-0.25, -0.2) is 4.98 Å². The molecule has 1 rings (SSSR count). The van der Waals surface area contributed by atoms with Crippen molar-refractivity contribution < 1.29 is 17.9 Å². The normalized spacial score (nSPS) is 14.7. The van der Waals surface area contributed by atoms with Crippen molar-refractivity contribution in [3.05, 3.63) is 15.6 Å². The molecule has 0 saturated heterocycles. The number of methoxy groups -OCH3 is 1. The van der Waals surface area contributed by atoms with Crippen LogP contribution < -0.4 is 5.32 Å².